The predicted molar refractivity (Wildman–Crippen MR) is 101 cm³/mol. The van der Waals surface area contributed by atoms with Gasteiger partial charge in [0.15, 0.2) is 11.0 Å². The average Bonchev–Trinajstić information content (AvgIpc) is 3.10. The van der Waals surface area contributed by atoms with Gasteiger partial charge in [-0.15, -0.1) is 10.2 Å². The molecule has 0 saturated heterocycles. The topological polar surface area (TPSA) is 81.9 Å². The van der Waals surface area contributed by atoms with Crippen LogP contribution >= 0.6 is 11.8 Å². The Balaban J connectivity index is 1.69. The lowest BCUT2D eigenvalue weighted by molar-refractivity contribution is -0.113. The Morgan fingerprint density at radius 3 is 2.63 bits per heavy atom. The van der Waals surface area contributed by atoms with Crippen LogP contribution in [0.3, 0.4) is 0 Å². The molecule has 0 fully saturated rings. The van der Waals surface area contributed by atoms with E-state index in [4.69, 9.17) is 4.74 Å². The lowest BCUT2D eigenvalue weighted by atomic mass is 10.2. The van der Waals surface area contributed by atoms with Gasteiger partial charge >= 0.3 is 0 Å². The van der Waals surface area contributed by atoms with Crippen LogP contribution < -0.4 is 5.32 Å². The summed E-state index contributed by atoms with van der Waals surface area (Å²) in [5.74, 6) is 0.283. The van der Waals surface area contributed by atoms with Crippen LogP contribution in [0.4, 0.5) is 10.1 Å². The van der Waals surface area contributed by atoms with E-state index >= 15 is 0 Å². The second kappa shape index (κ2) is 9.24. The maximum absolute atomic E-state index is 12.9. The van der Waals surface area contributed by atoms with E-state index in [2.05, 4.69) is 20.5 Å². The standard InChI is InChI=1S/C18H18FN5O2S/c1-26-11-10-24-17(13-6-8-20-9-7-13)22-23-18(24)27-12-16(25)21-15-4-2-14(19)3-5-15/h2-9H,10-12H2,1H3,(H,21,25). The van der Waals surface area contributed by atoms with Crippen LogP contribution in [0, 0.1) is 5.82 Å². The highest BCUT2D eigenvalue weighted by atomic mass is 32.2. The molecule has 27 heavy (non-hydrogen) atoms. The Labute approximate surface area is 160 Å². The van der Waals surface area contributed by atoms with Gasteiger partial charge in [-0.05, 0) is 36.4 Å². The smallest absolute Gasteiger partial charge is 0.234 e. The van der Waals surface area contributed by atoms with Crippen molar-refractivity contribution in [1.82, 2.24) is 19.7 Å². The van der Waals surface area contributed by atoms with E-state index < -0.39 is 0 Å². The SMILES string of the molecule is COCCn1c(SCC(=O)Nc2ccc(F)cc2)nnc1-c1ccncc1. The van der Waals surface area contributed by atoms with Gasteiger partial charge in [0.1, 0.15) is 5.82 Å². The van der Waals surface area contributed by atoms with E-state index in [-0.39, 0.29) is 17.5 Å². The summed E-state index contributed by atoms with van der Waals surface area (Å²) in [5, 5.41) is 11.8. The summed E-state index contributed by atoms with van der Waals surface area (Å²) in [4.78, 5) is 16.2. The number of methoxy groups -OCH3 is 1. The molecule has 1 aromatic carbocycles. The number of hydrogen-bond acceptors (Lipinski definition) is 6. The van der Waals surface area contributed by atoms with Crippen molar-refractivity contribution in [2.75, 3.05) is 24.8 Å². The third kappa shape index (κ3) is 5.11. The maximum Gasteiger partial charge on any atom is 0.234 e. The number of rotatable bonds is 8. The highest BCUT2D eigenvalue weighted by Gasteiger charge is 2.15. The van der Waals surface area contributed by atoms with Crippen molar-refractivity contribution in [2.24, 2.45) is 0 Å². The van der Waals surface area contributed by atoms with Crippen LogP contribution in [0.2, 0.25) is 0 Å². The van der Waals surface area contributed by atoms with Crippen LogP contribution in [0.15, 0.2) is 53.9 Å². The molecule has 0 aliphatic rings. The molecule has 2 heterocycles. The zero-order chi connectivity index (χ0) is 19.1. The predicted octanol–water partition coefficient (Wildman–Crippen LogP) is 2.86. The summed E-state index contributed by atoms with van der Waals surface area (Å²) >= 11 is 1.28. The number of anilines is 1. The van der Waals surface area contributed by atoms with Gasteiger partial charge in [0.05, 0.1) is 18.9 Å². The van der Waals surface area contributed by atoms with E-state index in [0.29, 0.717) is 29.8 Å². The molecule has 0 bridgehead atoms. The molecular weight excluding hydrogens is 369 g/mol. The van der Waals surface area contributed by atoms with Gasteiger partial charge in [0, 0.05) is 30.8 Å². The molecule has 0 aliphatic heterocycles. The first-order valence-corrected chi connectivity index (χ1v) is 9.16. The number of ether oxygens (including phenoxy) is 1. The number of benzene rings is 1. The van der Waals surface area contributed by atoms with Gasteiger partial charge in [-0.2, -0.15) is 0 Å². The van der Waals surface area contributed by atoms with E-state index in [1.54, 1.807) is 19.5 Å². The molecule has 140 valence electrons. The fourth-order valence-electron chi connectivity index (χ4n) is 2.35. The molecule has 9 heteroatoms. The number of carbonyl (C=O) groups is 1. The summed E-state index contributed by atoms with van der Waals surface area (Å²) in [7, 11) is 1.62. The van der Waals surface area contributed by atoms with Crippen LogP contribution in [-0.2, 0) is 16.1 Å². The summed E-state index contributed by atoms with van der Waals surface area (Å²) in [6.45, 7) is 1.05. The molecule has 7 nitrogen and oxygen atoms in total. The quantitative estimate of drug-likeness (QED) is 0.599. The highest BCUT2D eigenvalue weighted by Crippen LogP contribution is 2.23. The monoisotopic (exact) mass is 387 g/mol. The molecule has 3 rings (SSSR count). The van der Waals surface area contributed by atoms with Gasteiger partial charge in [-0.3, -0.25) is 14.3 Å². The fourth-order valence-corrected chi connectivity index (χ4v) is 3.12. The Bertz CT molecular complexity index is 887. The first-order valence-electron chi connectivity index (χ1n) is 8.18. The van der Waals surface area contributed by atoms with Crippen molar-refractivity contribution in [3.63, 3.8) is 0 Å². The summed E-state index contributed by atoms with van der Waals surface area (Å²) < 4.78 is 20.0. The fraction of sp³-hybridized carbons (Fsp3) is 0.222. The molecule has 1 amide bonds. The number of thioether (sulfide) groups is 1. The van der Waals surface area contributed by atoms with Crippen molar-refractivity contribution in [2.45, 2.75) is 11.7 Å². The Morgan fingerprint density at radius 2 is 1.93 bits per heavy atom. The Kier molecular flexibility index (Phi) is 6.50. The van der Waals surface area contributed by atoms with Gasteiger partial charge in [0.25, 0.3) is 0 Å². The number of nitrogens with one attached hydrogen (secondary N) is 1. The Morgan fingerprint density at radius 1 is 1.19 bits per heavy atom. The van der Waals surface area contributed by atoms with Crippen molar-refractivity contribution in [3.05, 3.63) is 54.6 Å². The number of aromatic nitrogens is 4. The lowest BCUT2D eigenvalue weighted by Crippen LogP contribution is -2.15. The zero-order valence-corrected chi connectivity index (χ0v) is 15.4. The van der Waals surface area contributed by atoms with Gasteiger partial charge in [-0.25, -0.2) is 4.39 Å². The van der Waals surface area contributed by atoms with Crippen molar-refractivity contribution >= 4 is 23.4 Å². The normalized spacial score (nSPS) is 10.7. The van der Waals surface area contributed by atoms with Crippen LogP contribution in [0.5, 0.6) is 0 Å². The Hall–Kier alpha value is -2.78. The molecule has 1 N–H and O–H groups in total. The summed E-state index contributed by atoms with van der Waals surface area (Å²) in [6, 6.07) is 9.32. The summed E-state index contributed by atoms with van der Waals surface area (Å²) in [5.41, 5.74) is 1.43. The van der Waals surface area contributed by atoms with Gasteiger partial charge in [0.2, 0.25) is 5.91 Å². The molecular formula is C18H18FN5O2S. The first kappa shape index (κ1) is 19.0. The second-order valence-electron chi connectivity index (χ2n) is 5.53. The van der Waals surface area contributed by atoms with Crippen molar-refractivity contribution in [1.29, 1.82) is 0 Å². The number of halogens is 1. The average molecular weight is 387 g/mol. The zero-order valence-electron chi connectivity index (χ0n) is 14.6. The molecule has 0 atom stereocenters. The van der Waals surface area contributed by atoms with Crippen molar-refractivity contribution < 1.29 is 13.9 Å². The molecule has 2 aromatic heterocycles. The van der Waals surface area contributed by atoms with Gasteiger partial charge < -0.3 is 10.1 Å². The minimum atomic E-state index is -0.350. The second-order valence-corrected chi connectivity index (χ2v) is 6.47. The number of hydrogen-bond donors (Lipinski definition) is 1. The maximum atomic E-state index is 12.9. The highest BCUT2D eigenvalue weighted by molar-refractivity contribution is 7.99. The summed E-state index contributed by atoms with van der Waals surface area (Å²) in [6.07, 6.45) is 3.38. The van der Waals surface area contributed by atoms with E-state index in [1.807, 2.05) is 16.7 Å². The van der Waals surface area contributed by atoms with Crippen LogP contribution in [0.1, 0.15) is 0 Å². The number of pyridine rings is 1. The van der Waals surface area contributed by atoms with Crippen molar-refractivity contribution in [3.8, 4) is 11.4 Å². The van der Waals surface area contributed by atoms with E-state index in [0.717, 1.165) is 5.56 Å². The van der Waals surface area contributed by atoms with E-state index in [9.17, 15) is 9.18 Å². The lowest BCUT2D eigenvalue weighted by Gasteiger charge is -2.10. The molecule has 0 spiro atoms. The number of amides is 1. The molecule has 3 aromatic rings. The van der Waals surface area contributed by atoms with Crippen LogP contribution in [-0.4, -0.2) is 45.1 Å². The van der Waals surface area contributed by atoms with Crippen LogP contribution in [0.25, 0.3) is 11.4 Å². The third-order valence-corrected chi connectivity index (χ3v) is 4.60. The molecule has 0 radical (unpaired) electrons. The number of carbonyl (C=O) groups excluding carboxylic acids is 1. The first-order chi connectivity index (χ1) is 13.2. The largest absolute Gasteiger partial charge is 0.383 e. The minimum absolute atomic E-state index is 0.152. The third-order valence-electron chi connectivity index (χ3n) is 3.63. The molecule has 0 saturated carbocycles. The number of nitrogens with zero attached hydrogens (tertiary/aromatic N) is 4. The molecule has 0 aliphatic carbocycles. The molecule has 0 unspecified atom stereocenters. The minimum Gasteiger partial charge on any atom is -0.383 e. The van der Waals surface area contributed by atoms with Gasteiger partial charge in [-0.1, -0.05) is 11.8 Å². The van der Waals surface area contributed by atoms with E-state index in [1.165, 1.54) is 36.0 Å².